The molecule has 0 saturated carbocycles. The summed E-state index contributed by atoms with van der Waals surface area (Å²) in [5.41, 5.74) is 0. The number of esters is 1. The molecule has 0 aliphatic carbocycles. The molecule has 1 amide bonds. The summed E-state index contributed by atoms with van der Waals surface area (Å²) >= 11 is 0. The van der Waals surface area contributed by atoms with E-state index >= 15 is 0 Å². The van der Waals surface area contributed by atoms with E-state index < -0.39 is 6.09 Å². The third-order valence-corrected chi connectivity index (χ3v) is 2.70. The monoisotopic (exact) mass is 227 g/mol. The summed E-state index contributed by atoms with van der Waals surface area (Å²) in [6, 6.07) is 0. The van der Waals surface area contributed by atoms with Crippen molar-refractivity contribution >= 4 is 12.1 Å². The topological polar surface area (TPSA) is 55.8 Å². The van der Waals surface area contributed by atoms with Crippen molar-refractivity contribution in [1.29, 1.82) is 0 Å². The highest BCUT2D eigenvalue weighted by Crippen LogP contribution is 2.24. The quantitative estimate of drug-likeness (QED) is 0.534. The van der Waals surface area contributed by atoms with E-state index in [4.69, 9.17) is 4.74 Å². The van der Waals surface area contributed by atoms with Gasteiger partial charge >= 0.3 is 12.1 Å². The van der Waals surface area contributed by atoms with Crippen LogP contribution in [0.3, 0.4) is 0 Å². The number of carbonyl (C=O) groups is 2. The van der Waals surface area contributed by atoms with Crippen LogP contribution in [0.1, 0.15) is 6.92 Å². The third kappa shape index (κ3) is 2.74. The van der Waals surface area contributed by atoms with Crippen LogP contribution in [0.15, 0.2) is 12.7 Å². The van der Waals surface area contributed by atoms with Gasteiger partial charge < -0.3 is 14.4 Å². The van der Waals surface area contributed by atoms with E-state index in [2.05, 4.69) is 11.3 Å². The lowest BCUT2D eigenvalue weighted by atomic mass is 9.99. The van der Waals surface area contributed by atoms with Gasteiger partial charge in [0.2, 0.25) is 0 Å². The summed E-state index contributed by atoms with van der Waals surface area (Å²) < 4.78 is 9.58. The number of rotatable bonds is 3. The second-order valence-corrected chi connectivity index (χ2v) is 3.88. The molecule has 2 atom stereocenters. The Hall–Kier alpha value is -1.52. The van der Waals surface area contributed by atoms with Gasteiger partial charge in [-0.1, -0.05) is 19.6 Å². The smallest absolute Gasteiger partial charge is 0.410 e. The normalized spacial score (nSPS) is 24.0. The van der Waals surface area contributed by atoms with Crippen molar-refractivity contribution in [2.45, 2.75) is 6.92 Å². The van der Waals surface area contributed by atoms with Crippen LogP contribution in [0.2, 0.25) is 0 Å². The molecule has 5 nitrogen and oxygen atoms in total. The maximum atomic E-state index is 11.5. The Balaban J connectivity index is 2.52. The molecule has 0 aromatic heterocycles. The van der Waals surface area contributed by atoms with E-state index in [9.17, 15) is 9.59 Å². The van der Waals surface area contributed by atoms with Crippen LogP contribution in [0.4, 0.5) is 4.79 Å². The SMILES string of the molecule is C=CCOC(=O)N1CC(C)C(C(=O)OC)C1. The van der Waals surface area contributed by atoms with E-state index in [0.717, 1.165) is 0 Å². The van der Waals surface area contributed by atoms with Crippen molar-refractivity contribution in [2.24, 2.45) is 11.8 Å². The average molecular weight is 227 g/mol. The molecule has 1 rings (SSSR count). The van der Waals surface area contributed by atoms with Crippen molar-refractivity contribution in [3.63, 3.8) is 0 Å². The van der Waals surface area contributed by atoms with Crippen molar-refractivity contribution in [3.05, 3.63) is 12.7 Å². The molecule has 0 aromatic rings. The second kappa shape index (κ2) is 5.53. The summed E-state index contributed by atoms with van der Waals surface area (Å²) in [7, 11) is 1.35. The Morgan fingerprint density at radius 1 is 1.50 bits per heavy atom. The fourth-order valence-corrected chi connectivity index (χ4v) is 1.80. The molecule has 2 unspecified atom stereocenters. The first kappa shape index (κ1) is 12.5. The van der Waals surface area contributed by atoms with Gasteiger partial charge in [0.05, 0.1) is 13.0 Å². The molecule has 0 aromatic carbocycles. The zero-order valence-electron chi connectivity index (χ0n) is 9.64. The third-order valence-electron chi connectivity index (χ3n) is 2.70. The largest absolute Gasteiger partial charge is 0.469 e. The van der Waals surface area contributed by atoms with Crippen LogP contribution in [0, 0.1) is 11.8 Å². The Bertz CT molecular complexity index is 290. The molecular formula is C11H17NO4. The molecular weight excluding hydrogens is 210 g/mol. The average Bonchev–Trinajstić information content (AvgIpc) is 2.67. The van der Waals surface area contributed by atoms with Crippen LogP contribution >= 0.6 is 0 Å². The predicted molar refractivity (Wildman–Crippen MR) is 57.8 cm³/mol. The summed E-state index contributed by atoms with van der Waals surface area (Å²) in [5.74, 6) is -0.420. The van der Waals surface area contributed by atoms with Gasteiger partial charge in [-0.25, -0.2) is 4.79 Å². The first-order valence-electron chi connectivity index (χ1n) is 5.20. The summed E-state index contributed by atoms with van der Waals surface area (Å²) in [4.78, 5) is 24.4. The Morgan fingerprint density at radius 2 is 2.19 bits per heavy atom. The number of ether oxygens (including phenoxy) is 2. The summed E-state index contributed by atoms with van der Waals surface area (Å²) in [6.45, 7) is 6.46. The molecule has 0 bridgehead atoms. The summed E-state index contributed by atoms with van der Waals surface area (Å²) in [6.07, 6.45) is 1.10. The van der Waals surface area contributed by atoms with Crippen molar-refractivity contribution in [2.75, 3.05) is 26.8 Å². The van der Waals surface area contributed by atoms with Crippen molar-refractivity contribution in [1.82, 2.24) is 4.90 Å². The Morgan fingerprint density at radius 3 is 2.75 bits per heavy atom. The van der Waals surface area contributed by atoms with Gasteiger partial charge in [0, 0.05) is 13.1 Å². The highest BCUT2D eigenvalue weighted by atomic mass is 16.6. The van der Waals surface area contributed by atoms with Gasteiger partial charge in [-0.3, -0.25) is 4.79 Å². The summed E-state index contributed by atoms with van der Waals surface area (Å²) in [5, 5.41) is 0. The molecule has 1 aliphatic heterocycles. The first-order valence-corrected chi connectivity index (χ1v) is 5.20. The molecule has 1 saturated heterocycles. The van der Waals surface area contributed by atoms with Gasteiger partial charge in [-0.2, -0.15) is 0 Å². The highest BCUT2D eigenvalue weighted by Gasteiger charge is 2.38. The molecule has 0 radical (unpaired) electrons. The van der Waals surface area contributed by atoms with Gasteiger partial charge in [0.25, 0.3) is 0 Å². The van der Waals surface area contributed by atoms with Crippen LogP contribution in [0.5, 0.6) is 0 Å². The minimum atomic E-state index is -0.404. The standard InChI is InChI=1S/C11H17NO4/c1-4-5-16-11(14)12-6-8(2)9(7-12)10(13)15-3/h4,8-9H,1,5-7H2,2-3H3. The van der Waals surface area contributed by atoms with E-state index in [0.29, 0.717) is 13.1 Å². The lowest BCUT2D eigenvalue weighted by Crippen LogP contribution is -2.30. The first-order chi connectivity index (χ1) is 7.60. The fourth-order valence-electron chi connectivity index (χ4n) is 1.80. The lowest BCUT2D eigenvalue weighted by Gasteiger charge is -2.14. The number of likely N-dealkylation sites (tertiary alicyclic amines) is 1. The van der Waals surface area contributed by atoms with Crippen LogP contribution in [-0.2, 0) is 14.3 Å². The van der Waals surface area contributed by atoms with Crippen LogP contribution in [-0.4, -0.2) is 43.8 Å². The Kier molecular flexibility index (Phi) is 4.34. The molecule has 0 spiro atoms. The lowest BCUT2D eigenvalue weighted by molar-refractivity contribution is -0.146. The highest BCUT2D eigenvalue weighted by molar-refractivity contribution is 5.76. The molecule has 16 heavy (non-hydrogen) atoms. The molecule has 90 valence electrons. The van der Waals surface area contributed by atoms with Crippen molar-refractivity contribution < 1.29 is 19.1 Å². The Labute approximate surface area is 95.0 Å². The van der Waals surface area contributed by atoms with E-state index in [1.165, 1.54) is 18.1 Å². The number of hydrogen-bond acceptors (Lipinski definition) is 4. The maximum absolute atomic E-state index is 11.5. The fraction of sp³-hybridized carbons (Fsp3) is 0.636. The van der Waals surface area contributed by atoms with Gasteiger partial charge in [-0.15, -0.1) is 0 Å². The number of amides is 1. The predicted octanol–water partition coefficient (Wildman–Crippen LogP) is 1.05. The zero-order valence-corrected chi connectivity index (χ0v) is 9.64. The molecule has 0 N–H and O–H groups in total. The van der Waals surface area contributed by atoms with E-state index in [1.54, 1.807) is 0 Å². The second-order valence-electron chi connectivity index (χ2n) is 3.88. The van der Waals surface area contributed by atoms with Crippen LogP contribution in [0.25, 0.3) is 0 Å². The zero-order chi connectivity index (χ0) is 12.1. The molecule has 5 heteroatoms. The van der Waals surface area contributed by atoms with Crippen LogP contribution < -0.4 is 0 Å². The minimum Gasteiger partial charge on any atom is -0.469 e. The molecule has 1 fully saturated rings. The number of carbonyl (C=O) groups excluding carboxylic acids is 2. The number of hydrogen-bond donors (Lipinski definition) is 0. The minimum absolute atomic E-state index is 0.101. The number of methoxy groups -OCH3 is 1. The van der Waals surface area contributed by atoms with Gasteiger partial charge in [0.15, 0.2) is 0 Å². The van der Waals surface area contributed by atoms with Crippen molar-refractivity contribution in [3.8, 4) is 0 Å². The molecule has 1 heterocycles. The van der Waals surface area contributed by atoms with E-state index in [-0.39, 0.29) is 24.4 Å². The van der Waals surface area contributed by atoms with E-state index in [1.807, 2.05) is 6.92 Å². The van der Waals surface area contributed by atoms with Gasteiger partial charge in [0.1, 0.15) is 6.61 Å². The molecule has 1 aliphatic rings. The number of nitrogens with zero attached hydrogens (tertiary/aromatic N) is 1. The van der Waals surface area contributed by atoms with Gasteiger partial charge in [-0.05, 0) is 5.92 Å². The maximum Gasteiger partial charge on any atom is 0.410 e.